The lowest BCUT2D eigenvalue weighted by atomic mass is 10.0. The van der Waals surface area contributed by atoms with Crippen LogP contribution in [0.3, 0.4) is 0 Å². The van der Waals surface area contributed by atoms with Crippen molar-refractivity contribution in [1.29, 1.82) is 0 Å². The van der Waals surface area contributed by atoms with Gasteiger partial charge in [-0.1, -0.05) is 30.3 Å². The molecule has 1 aromatic carbocycles. The number of aromatic nitrogens is 4. The zero-order valence-corrected chi connectivity index (χ0v) is 19.9. The molecule has 1 aliphatic heterocycles. The quantitative estimate of drug-likeness (QED) is 0.540. The van der Waals surface area contributed by atoms with Crippen molar-refractivity contribution in [3.8, 4) is 0 Å². The van der Waals surface area contributed by atoms with Gasteiger partial charge in [-0.05, 0) is 23.3 Å². The van der Waals surface area contributed by atoms with E-state index < -0.39 is 18.2 Å². The normalized spacial score (nSPS) is 14.6. The Morgan fingerprint density at radius 1 is 1.05 bits per heavy atom. The molecule has 1 aliphatic rings. The summed E-state index contributed by atoms with van der Waals surface area (Å²) in [4.78, 5) is 41.8. The van der Waals surface area contributed by atoms with Gasteiger partial charge in [0.15, 0.2) is 5.82 Å². The minimum absolute atomic E-state index is 0.109. The van der Waals surface area contributed by atoms with E-state index in [1.165, 1.54) is 0 Å². The Morgan fingerprint density at radius 2 is 1.68 bits per heavy atom. The van der Waals surface area contributed by atoms with Gasteiger partial charge in [-0.3, -0.25) is 9.78 Å². The van der Waals surface area contributed by atoms with Crippen molar-refractivity contribution in [2.24, 2.45) is 0 Å². The van der Waals surface area contributed by atoms with Crippen LogP contribution in [0.5, 0.6) is 0 Å². The Balaban J connectivity index is 0.000000479. The first kappa shape index (κ1) is 27.1. The van der Waals surface area contributed by atoms with Gasteiger partial charge < -0.3 is 24.8 Å². The molecule has 11 nitrogen and oxygen atoms in total. The van der Waals surface area contributed by atoms with Gasteiger partial charge >= 0.3 is 18.2 Å². The van der Waals surface area contributed by atoms with Crippen LogP contribution in [0.4, 0.5) is 18.0 Å². The third-order valence-electron chi connectivity index (χ3n) is 5.29. The van der Waals surface area contributed by atoms with Crippen LogP contribution in [0, 0.1) is 0 Å². The SMILES string of the molecule is CN(C)C(=O)N1CCn2c(C(=O)NCc3ccncc3)nnc2C1c1ccccc1.O=C(O)C(F)(F)F. The third-order valence-corrected chi connectivity index (χ3v) is 5.29. The van der Waals surface area contributed by atoms with E-state index in [1.54, 1.807) is 40.9 Å². The molecule has 1 atom stereocenters. The summed E-state index contributed by atoms with van der Waals surface area (Å²) in [6.45, 7) is 1.27. The summed E-state index contributed by atoms with van der Waals surface area (Å²) in [5.41, 5.74) is 1.87. The largest absolute Gasteiger partial charge is 0.490 e. The number of carboxylic acids is 1. The van der Waals surface area contributed by atoms with E-state index in [4.69, 9.17) is 9.90 Å². The molecule has 1 unspecified atom stereocenters. The molecule has 3 aromatic rings. The lowest BCUT2D eigenvalue weighted by Crippen LogP contribution is -2.47. The number of amides is 3. The van der Waals surface area contributed by atoms with Gasteiger partial charge in [-0.2, -0.15) is 13.2 Å². The van der Waals surface area contributed by atoms with Crippen LogP contribution in [0.2, 0.25) is 0 Å². The number of carbonyl (C=O) groups excluding carboxylic acids is 2. The molecule has 0 fully saturated rings. The number of rotatable bonds is 4. The molecule has 2 aromatic heterocycles. The fourth-order valence-electron chi connectivity index (χ4n) is 3.57. The minimum atomic E-state index is -5.08. The first-order valence-electron chi connectivity index (χ1n) is 10.9. The highest BCUT2D eigenvalue weighted by Gasteiger charge is 2.38. The zero-order valence-electron chi connectivity index (χ0n) is 19.9. The van der Waals surface area contributed by atoms with Gasteiger partial charge in [0, 0.05) is 46.1 Å². The van der Waals surface area contributed by atoms with Crippen LogP contribution < -0.4 is 5.32 Å². The molecular formula is C23H24F3N7O4. The van der Waals surface area contributed by atoms with Crippen molar-refractivity contribution in [2.45, 2.75) is 25.3 Å². The predicted octanol–water partition coefficient (Wildman–Crippen LogP) is 2.32. The van der Waals surface area contributed by atoms with E-state index in [1.807, 2.05) is 42.5 Å². The molecule has 0 radical (unpaired) electrons. The Labute approximate surface area is 209 Å². The molecule has 3 heterocycles. The summed E-state index contributed by atoms with van der Waals surface area (Å²) in [6.07, 6.45) is -1.72. The number of carboxylic acid groups (broad SMARTS) is 1. The average molecular weight is 519 g/mol. The standard InChI is InChI=1S/C21H23N7O2.C2HF3O2/c1-26(2)21(30)27-12-13-28-18(17(27)16-6-4-3-5-7-16)24-25-19(28)20(29)23-14-15-8-10-22-11-9-15;3-2(4,5)1(6)7/h3-11,17H,12-14H2,1-2H3,(H,23,29);(H,6,7). The summed E-state index contributed by atoms with van der Waals surface area (Å²) >= 11 is 0. The highest BCUT2D eigenvalue weighted by atomic mass is 19.4. The highest BCUT2D eigenvalue weighted by molar-refractivity contribution is 5.90. The molecular weight excluding hydrogens is 495 g/mol. The summed E-state index contributed by atoms with van der Waals surface area (Å²) in [5, 5.41) is 18.5. The summed E-state index contributed by atoms with van der Waals surface area (Å²) < 4.78 is 33.5. The average Bonchev–Trinajstić information content (AvgIpc) is 3.31. The van der Waals surface area contributed by atoms with Crippen LogP contribution in [0.1, 0.15) is 33.6 Å². The first-order valence-corrected chi connectivity index (χ1v) is 10.9. The van der Waals surface area contributed by atoms with Crippen molar-refractivity contribution < 1.29 is 32.7 Å². The van der Waals surface area contributed by atoms with Crippen molar-refractivity contribution in [2.75, 3.05) is 20.6 Å². The number of alkyl halides is 3. The van der Waals surface area contributed by atoms with E-state index >= 15 is 0 Å². The van der Waals surface area contributed by atoms with Gasteiger partial charge in [0.1, 0.15) is 6.04 Å². The Morgan fingerprint density at radius 3 is 2.24 bits per heavy atom. The van der Waals surface area contributed by atoms with Crippen molar-refractivity contribution in [1.82, 2.24) is 34.9 Å². The van der Waals surface area contributed by atoms with Crippen LogP contribution in [0.25, 0.3) is 0 Å². The smallest absolute Gasteiger partial charge is 0.475 e. The number of benzene rings is 1. The van der Waals surface area contributed by atoms with E-state index in [2.05, 4.69) is 20.5 Å². The van der Waals surface area contributed by atoms with E-state index in [9.17, 15) is 22.8 Å². The van der Waals surface area contributed by atoms with Crippen LogP contribution in [-0.4, -0.2) is 79.4 Å². The number of hydrogen-bond donors (Lipinski definition) is 2. The van der Waals surface area contributed by atoms with Gasteiger partial charge in [0.25, 0.3) is 5.91 Å². The fourth-order valence-corrected chi connectivity index (χ4v) is 3.57. The second kappa shape index (κ2) is 11.5. The molecule has 37 heavy (non-hydrogen) atoms. The van der Waals surface area contributed by atoms with Crippen molar-refractivity contribution in [3.63, 3.8) is 0 Å². The number of hydrogen-bond acceptors (Lipinski definition) is 6. The third kappa shape index (κ3) is 6.59. The molecule has 4 rings (SSSR count). The number of nitrogens with zero attached hydrogens (tertiary/aromatic N) is 6. The van der Waals surface area contributed by atoms with Crippen LogP contribution in [-0.2, 0) is 17.9 Å². The van der Waals surface area contributed by atoms with Gasteiger partial charge in [0.2, 0.25) is 5.82 Å². The molecule has 0 bridgehead atoms. The molecule has 0 spiro atoms. The van der Waals surface area contributed by atoms with Crippen molar-refractivity contribution >= 4 is 17.9 Å². The molecule has 0 saturated heterocycles. The topological polar surface area (TPSA) is 134 Å². The first-order chi connectivity index (χ1) is 17.5. The Kier molecular flexibility index (Phi) is 8.42. The van der Waals surface area contributed by atoms with Gasteiger partial charge in [-0.25, -0.2) is 9.59 Å². The Hall–Kier alpha value is -4.49. The van der Waals surface area contributed by atoms with Gasteiger partial charge in [-0.15, -0.1) is 10.2 Å². The maximum Gasteiger partial charge on any atom is 0.490 e. The summed E-state index contributed by atoms with van der Waals surface area (Å²) in [5.74, 6) is -2.23. The number of aliphatic carboxylic acids is 1. The number of carbonyl (C=O) groups is 3. The fraction of sp³-hybridized carbons (Fsp3) is 0.304. The van der Waals surface area contributed by atoms with Crippen molar-refractivity contribution in [3.05, 3.63) is 77.6 Å². The zero-order chi connectivity index (χ0) is 27.2. The predicted molar refractivity (Wildman–Crippen MR) is 123 cm³/mol. The second-order valence-corrected chi connectivity index (χ2v) is 8.06. The molecule has 196 valence electrons. The number of halogens is 3. The maximum absolute atomic E-state index is 12.8. The maximum atomic E-state index is 12.8. The van der Waals surface area contributed by atoms with Crippen LogP contribution in [0.15, 0.2) is 54.9 Å². The molecule has 3 amide bonds. The van der Waals surface area contributed by atoms with Gasteiger partial charge in [0.05, 0.1) is 0 Å². The lowest BCUT2D eigenvalue weighted by Gasteiger charge is -2.37. The molecule has 2 N–H and O–H groups in total. The number of fused-ring (bicyclic) bond motifs is 1. The number of nitrogens with one attached hydrogen (secondary N) is 1. The minimum Gasteiger partial charge on any atom is -0.475 e. The summed E-state index contributed by atoms with van der Waals surface area (Å²) in [6, 6.07) is 12.8. The van der Waals surface area contributed by atoms with E-state index in [0.29, 0.717) is 25.5 Å². The molecule has 0 saturated carbocycles. The number of pyridine rings is 1. The Bertz CT molecular complexity index is 1230. The van der Waals surface area contributed by atoms with E-state index in [-0.39, 0.29) is 17.8 Å². The second-order valence-electron chi connectivity index (χ2n) is 8.06. The number of urea groups is 1. The van der Waals surface area contributed by atoms with E-state index in [0.717, 1.165) is 11.1 Å². The monoisotopic (exact) mass is 519 g/mol. The van der Waals surface area contributed by atoms with Crippen LogP contribution >= 0.6 is 0 Å². The lowest BCUT2D eigenvalue weighted by molar-refractivity contribution is -0.192. The molecule has 0 aliphatic carbocycles. The summed E-state index contributed by atoms with van der Waals surface area (Å²) in [7, 11) is 3.45. The highest BCUT2D eigenvalue weighted by Crippen LogP contribution is 2.32. The molecule has 14 heteroatoms.